The van der Waals surface area contributed by atoms with Crippen LogP contribution in [0.3, 0.4) is 0 Å². The average molecular weight is 588 g/mol. The van der Waals surface area contributed by atoms with E-state index in [-0.39, 0.29) is 5.91 Å². The summed E-state index contributed by atoms with van der Waals surface area (Å²) in [7, 11) is 0. The highest BCUT2D eigenvalue weighted by molar-refractivity contribution is 9.10. The standard InChI is InChI=1S/C26H20BrClN2O3S2/c27-18-8-9-22-20(14-18)17(15-29(22)10-4-12-33-23-7-2-1-6-21(23)28)13-24-25(31)30(26(34)35-24)16-19-5-3-11-32-19/h1-3,5-9,11,13-15H,4,10,12,16H2/b24-13-. The van der Waals surface area contributed by atoms with Crippen LogP contribution in [-0.4, -0.2) is 26.3 Å². The van der Waals surface area contributed by atoms with Crippen LogP contribution in [-0.2, 0) is 17.9 Å². The van der Waals surface area contributed by atoms with Crippen LogP contribution in [0.4, 0.5) is 0 Å². The van der Waals surface area contributed by atoms with E-state index in [1.54, 1.807) is 17.2 Å². The number of aryl methyl sites for hydroxylation is 1. The normalized spacial score (nSPS) is 15.0. The number of para-hydroxylation sites is 1. The summed E-state index contributed by atoms with van der Waals surface area (Å²) in [5.41, 5.74) is 2.05. The van der Waals surface area contributed by atoms with Crippen LogP contribution >= 0.6 is 51.5 Å². The second-order valence-corrected chi connectivity index (χ2v) is 10.9. The van der Waals surface area contributed by atoms with Crippen molar-refractivity contribution >= 4 is 78.7 Å². The number of benzene rings is 2. The Labute approximate surface area is 225 Å². The van der Waals surface area contributed by atoms with E-state index < -0.39 is 0 Å². The topological polar surface area (TPSA) is 47.6 Å². The lowest BCUT2D eigenvalue weighted by atomic mass is 10.1. The van der Waals surface area contributed by atoms with Crippen LogP contribution in [0.1, 0.15) is 17.7 Å². The molecule has 0 N–H and O–H groups in total. The number of rotatable bonds is 8. The smallest absolute Gasteiger partial charge is 0.266 e. The number of fused-ring (bicyclic) bond motifs is 1. The maximum atomic E-state index is 13.1. The largest absolute Gasteiger partial charge is 0.492 e. The van der Waals surface area contributed by atoms with Crippen molar-refractivity contribution in [2.24, 2.45) is 0 Å². The predicted molar refractivity (Wildman–Crippen MR) is 149 cm³/mol. The van der Waals surface area contributed by atoms with Gasteiger partial charge in [-0.05, 0) is 55.0 Å². The number of thiocarbonyl (C=S) groups is 1. The molecule has 0 unspecified atom stereocenters. The van der Waals surface area contributed by atoms with Crippen molar-refractivity contribution in [1.82, 2.24) is 9.47 Å². The van der Waals surface area contributed by atoms with Crippen LogP contribution in [0.15, 0.2) is 80.9 Å². The van der Waals surface area contributed by atoms with Gasteiger partial charge < -0.3 is 13.7 Å². The molecule has 0 aliphatic carbocycles. The highest BCUT2D eigenvalue weighted by atomic mass is 79.9. The predicted octanol–water partition coefficient (Wildman–Crippen LogP) is 7.52. The number of amides is 1. The molecule has 0 bridgehead atoms. The molecule has 9 heteroatoms. The molecule has 35 heavy (non-hydrogen) atoms. The van der Waals surface area contributed by atoms with Gasteiger partial charge >= 0.3 is 0 Å². The first-order valence-corrected chi connectivity index (χ1v) is 13.3. The third kappa shape index (κ3) is 5.35. The Balaban J connectivity index is 1.35. The molecule has 2 aromatic carbocycles. The van der Waals surface area contributed by atoms with Gasteiger partial charge in [0.1, 0.15) is 15.8 Å². The van der Waals surface area contributed by atoms with Gasteiger partial charge in [0.05, 0.1) is 29.3 Å². The second kappa shape index (κ2) is 10.6. The van der Waals surface area contributed by atoms with Crippen molar-refractivity contribution in [2.45, 2.75) is 19.5 Å². The Kier molecular flexibility index (Phi) is 7.34. The number of hydrogen-bond acceptors (Lipinski definition) is 5. The molecule has 178 valence electrons. The molecule has 0 atom stereocenters. The minimum Gasteiger partial charge on any atom is -0.492 e. The van der Waals surface area contributed by atoms with Crippen molar-refractivity contribution in [2.75, 3.05) is 6.61 Å². The number of carbonyl (C=O) groups is 1. The van der Waals surface area contributed by atoms with Crippen LogP contribution in [0.25, 0.3) is 17.0 Å². The number of nitrogens with zero attached hydrogens (tertiary/aromatic N) is 2. The van der Waals surface area contributed by atoms with Crippen molar-refractivity contribution < 1.29 is 13.9 Å². The third-order valence-corrected chi connectivity index (χ3v) is 7.75. The highest BCUT2D eigenvalue weighted by Gasteiger charge is 2.32. The lowest BCUT2D eigenvalue weighted by molar-refractivity contribution is -0.122. The number of ether oxygens (including phenoxy) is 1. The first kappa shape index (κ1) is 24.2. The fourth-order valence-electron chi connectivity index (χ4n) is 3.91. The van der Waals surface area contributed by atoms with E-state index in [2.05, 4.69) is 38.8 Å². The highest BCUT2D eigenvalue weighted by Crippen LogP contribution is 2.36. The lowest BCUT2D eigenvalue weighted by Gasteiger charge is -2.11. The Bertz CT molecular complexity index is 1430. The van der Waals surface area contributed by atoms with Crippen LogP contribution in [0, 0.1) is 0 Å². The van der Waals surface area contributed by atoms with Gasteiger partial charge in [-0.15, -0.1) is 0 Å². The van der Waals surface area contributed by atoms with Gasteiger partial charge in [0.25, 0.3) is 5.91 Å². The van der Waals surface area contributed by atoms with Crippen molar-refractivity contribution in [3.8, 4) is 5.75 Å². The number of aromatic nitrogens is 1. The van der Waals surface area contributed by atoms with E-state index in [9.17, 15) is 4.79 Å². The van der Waals surface area contributed by atoms with Crippen molar-refractivity contribution in [3.05, 3.63) is 92.8 Å². The Morgan fingerprint density at radius 1 is 1.17 bits per heavy atom. The van der Waals surface area contributed by atoms with Crippen LogP contribution in [0.2, 0.25) is 5.02 Å². The van der Waals surface area contributed by atoms with E-state index in [0.717, 1.165) is 33.9 Å². The minimum absolute atomic E-state index is 0.111. The molecular formula is C26H20BrClN2O3S2. The summed E-state index contributed by atoms with van der Waals surface area (Å²) in [5, 5.41) is 1.66. The SMILES string of the molecule is O=C1/C(=C/c2cn(CCCOc3ccccc3Cl)c3ccc(Br)cc23)SC(=S)N1Cc1ccco1. The Morgan fingerprint density at radius 3 is 2.83 bits per heavy atom. The summed E-state index contributed by atoms with van der Waals surface area (Å²) < 4.78 is 14.9. The zero-order chi connectivity index (χ0) is 24.4. The molecule has 1 fully saturated rings. The molecule has 1 amide bonds. The number of hydrogen-bond donors (Lipinski definition) is 0. The molecular weight excluding hydrogens is 568 g/mol. The summed E-state index contributed by atoms with van der Waals surface area (Å²) >= 11 is 16.5. The van der Waals surface area contributed by atoms with Crippen LogP contribution in [0.5, 0.6) is 5.75 Å². The number of thioether (sulfide) groups is 1. The van der Waals surface area contributed by atoms with Crippen molar-refractivity contribution in [1.29, 1.82) is 0 Å². The maximum absolute atomic E-state index is 13.1. The summed E-state index contributed by atoms with van der Waals surface area (Å²) in [5.74, 6) is 1.27. The van der Waals surface area contributed by atoms with E-state index >= 15 is 0 Å². The number of halogens is 2. The van der Waals surface area contributed by atoms with E-state index in [1.165, 1.54) is 11.8 Å². The summed E-state index contributed by atoms with van der Waals surface area (Å²) in [6.45, 7) is 1.63. The Morgan fingerprint density at radius 2 is 2.03 bits per heavy atom. The first-order valence-electron chi connectivity index (χ1n) is 10.9. The molecule has 0 radical (unpaired) electrons. The summed E-state index contributed by atoms with van der Waals surface area (Å²) in [6, 6.07) is 17.3. The zero-order valence-electron chi connectivity index (χ0n) is 18.4. The van der Waals surface area contributed by atoms with Crippen molar-refractivity contribution in [3.63, 3.8) is 0 Å². The fraction of sp³-hybridized carbons (Fsp3) is 0.154. The van der Waals surface area contributed by atoms with Gasteiger partial charge in [-0.2, -0.15) is 0 Å². The molecule has 1 aliphatic rings. The van der Waals surface area contributed by atoms with Gasteiger partial charge in [0, 0.05) is 33.7 Å². The van der Waals surface area contributed by atoms with Gasteiger partial charge in [0.2, 0.25) is 0 Å². The van der Waals surface area contributed by atoms with Crippen LogP contribution < -0.4 is 4.74 Å². The molecule has 0 saturated carbocycles. The monoisotopic (exact) mass is 586 g/mol. The molecule has 0 spiro atoms. The maximum Gasteiger partial charge on any atom is 0.266 e. The molecule has 5 rings (SSSR count). The molecule has 3 heterocycles. The second-order valence-electron chi connectivity index (χ2n) is 7.92. The van der Waals surface area contributed by atoms with Gasteiger partial charge in [0.15, 0.2) is 0 Å². The average Bonchev–Trinajstić information content (AvgIpc) is 3.54. The molecule has 4 aromatic rings. The number of furan rings is 1. The summed E-state index contributed by atoms with van der Waals surface area (Å²) in [6.07, 6.45) is 6.39. The molecule has 5 nitrogen and oxygen atoms in total. The quantitative estimate of drug-likeness (QED) is 0.121. The molecule has 1 saturated heterocycles. The lowest BCUT2D eigenvalue weighted by Crippen LogP contribution is -2.27. The summed E-state index contributed by atoms with van der Waals surface area (Å²) in [4.78, 5) is 15.3. The molecule has 2 aromatic heterocycles. The number of carbonyl (C=O) groups excluding carboxylic acids is 1. The first-order chi connectivity index (χ1) is 17.0. The zero-order valence-corrected chi connectivity index (χ0v) is 22.4. The van der Waals surface area contributed by atoms with Gasteiger partial charge in [-0.25, -0.2) is 0 Å². The van der Waals surface area contributed by atoms with Gasteiger partial charge in [-0.1, -0.05) is 63.6 Å². The van der Waals surface area contributed by atoms with E-state index in [4.69, 9.17) is 33.0 Å². The minimum atomic E-state index is -0.111. The third-order valence-electron chi connectivity index (χ3n) is 5.57. The van der Waals surface area contributed by atoms with Gasteiger partial charge in [-0.3, -0.25) is 9.69 Å². The Hall–Kier alpha value is -2.52. The molecule has 1 aliphatic heterocycles. The van der Waals surface area contributed by atoms with E-state index in [1.807, 2.05) is 42.5 Å². The van der Waals surface area contributed by atoms with E-state index in [0.29, 0.717) is 38.9 Å². The fourth-order valence-corrected chi connectivity index (χ4v) is 5.71.